The zero-order valence-electron chi connectivity index (χ0n) is 21.7. The molecule has 204 valence electrons. The SMILES string of the molecule is CC1(C(=O)NCCC#N)COC(c2nc(-c3ccc(F)cc3)c(-c3ccnc(NCc4ccncc4)n3)[nH]2)OC1. The third-order valence-electron chi connectivity index (χ3n) is 6.35. The number of rotatable bonds is 9. The highest BCUT2D eigenvalue weighted by Crippen LogP contribution is 2.35. The molecule has 0 bridgehead atoms. The van der Waals surface area contributed by atoms with E-state index in [1.807, 2.05) is 18.2 Å². The van der Waals surface area contributed by atoms with E-state index >= 15 is 0 Å². The van der Waals surface area contributed by atoms with Crippen LogP contribution in [0.15, 0.2) is 61.1 Å². The number of anilines is 1. The van der Waals surface area contributed by atoms with E-state index in [0.29, 0.717) is 41.0 Å². The molecule has 0 spiro atoms. The summed E-state index contributed by atoms with van der Waals surface area (Å²) in [5, 5.41) is 14.7. The quantitative estimate of drug-likeness (QED) is 0.269. The summed E-state index contributed by atoms with van der Waals surface area (Å²) in [6.07, 6.45) is 4.43. The fourth-order valence-electron chi connectivity index (χ4n) is 4.11. The molecule has 40 heavy (non-hydrogen) atoms. The third-order valence-corrected chi connectivity index (χ3v) is 6.35. The second-order valence-corrected chi connectivity index (χ2v) is 9.51. The molecule has 0 radical (unpaired) electrons. The molecule has 0 atom stereocenters. The molecular formula is C28H27FN8O3. The Bertz CT molecular complexity index is 1500. The Morgan fingerprint density at radius 3 is 2.60 bits per heavy atom. The van der Waals surface area contributed by atoms with Gasteiger partial charge in [-0.05, 0) is 55.0 Å². The molecule has 1 amide bonds. The van der Waals surface area contributed by atoms with Crippen LogP contribution in [0.4, 0.5) is 10.3 Å². The van der Waals surface area contributed by atoms with Crippen LogP contribution in [0, 0.1) is 22.6 Å². The lowest BCUT2D eigenvalue weighted by Gasteiger charge is -2.35. The molecule has 5 rings (SSSR count). The number of benzene rings is 1. The normalized spacial score (nSPS) is 18.6. The average Bonchev–Trinajstić information content (AvgIpc) is 3.43. The maximum atomic E-state index is 13.7. The van der Waals surface area contributed by atoms with Gasteiger partial charge in [-0.25, -0.2) is 19.3 Å². The van der Waals surface area contributed by atoms with Crippen molar-refractivity contribution in [1.82, 2.24) is 30.2 Å². The van der Waals surface area contributed by atoms with Crippen LogP contribution >= 0.6 is 0 Å². The summed E-state index contributed by atoms with van der Waals surface area (Å²) in [6, 6.07) is 13.5. The molecule has 1 fully saturated rings. The van der Waals surface area contributed by atoms with E-state index in [1.54, 1.807) is 43.7 Å². The van der Waals surface area contributed by atoms with Crippen molar-refractivity contribution in [2.24, 2.45) is 5.41 Å². The highest BCUT2D eigenvalue weighted by Gasteiger charge is 2.40. The Morgan fingerprint density at radius 2 is 1.88 bits per heavy atom. The van der Waals surface area contributed by atoms with E-state index in [4.69, 9.17) is 19.7 Å². The van der Waals surface area contributed by atoms with Crippen molar-refractivity contribution in [1.29, 1.82) is 5.26 Å². The predicted molar refractivity (Wildman–Crippen MR) is 143 cm³/mol. The number of pyridine rings is 1. The summed E-state index contributed by atoms with van der Waals surface area (Å²) in [5.74, 6) is 0.183. The number of imidazole rings is 1. The smallest absolute Gasteiger partial charge is 0.230 e. The van der Waals surface area contributed by atoms with Gasteiger partial charge in [0.25, 0.3) is 0 Å². The van der Waals surface area contributed by atoms with Crippen LogP contribution in [0.5, 0.6) is 0 Å². The van der Waals surface area contributed by atoms with Gasteiger partial charge in [-0.1, -0.05) is 0 Å². The number of ether oxygens (including phenoxy) is 2. The molecule has 1 aliphatic heterocycles. The molecule has 1 aliphatic rings. The van der Waals surface area contributed by atoms with Crippen LogP contribution in [-0.4, -0.2) is 50.6 Å². The van der Waals surface area contributed by atoms with Gasteiger partial charge in [-0.2, -0.15) is 5.26 Å². The Morgan fingerprint density at radius 1 is 1.12 bits per heavy atom. The van der Waals surface area contributed by atoms with Gasteiger partial charge in [-0.15, -0.1) is 0 Å². The van der Waals surface area contributed by atoms with Crippen molar-refractivity contribution < 1.29 is 18.7 Å². The number of hydrogen-bond acceptors (Lipinski definition) is 9. The molecule has 4 aromatic rings. The first kappa shape index (κ1) is 26.9. The Balaban J connectivity index is 1.39. The van der Waals surface area contributed by atoms with Crippen LogP contribution in [0.3, 0.4) is 0 Å². The zero-order valence-corrected chi connectivity index (χ0v) is 21.7. The van der Waals surface area contributed by atoms with Crippen molar-refractivity contribution in [3.63, 3.8) is 0 Å². The van der Waals surface area contributed by atoms with Crippen LogP contribution in [-0.2, 0) is 20.8 Å². The number of nitrogens with one attached hydrogen (secondary N) is 3. The van der Waals surface area contributed by atoms with E-state index in [1.165, 1.54) is 12.1 Å². The predicted octanol–water partition coefficient (Wildman–Crippen LogP) is 3.76. The number of carbonyl (C=O) groups is 1. The van der Waals surface area contributed by atoms with Crippen LogP contribution in [0.25, 0.3) is 22.6 Å². The second-order valence-electron chi connectivity index (χ2n) is 9.51. The maximum absolute atomic E-state index is 13.7. The van der Waals surface area contributed by atoms with Crippen molar-refractivity contribution in [2.45, 2.75) is 26.2 Å². The summed E-state index contributed by atoms with van der Waals surface area (Å²) in [6.45, 7) is 2.69. The van der Waals surface area contributed by atoms with E-state index in [2.05, 4.69) is 30.6 Å². The number of nitriles is 1. The van der Waals surface area contributed by atoms with Gasteiger partial charge >= 0.3 is 0 Å². The van der Waals surface area contributed by atoms with Gasteiger partial charge in [0.2, 0.25) is 18.1 Å². The molecule has 4 heterocycles. The monoisotopic (exact) mass is 542 g/mol. The van der Waals surface area contributed by atoms with Gasteiger partial charge < -0.3 is 25.1 Å². The molecular weight excluding hydrogens is 515 g/mol. The van der Waals surface area contributed by atoms with Crippen LogP contribution in [0.2, 0.25) is 0 Å². The molecule has 1 saturated heterocycles. The highest BCUT2D eigenvalue weighted by molar-refractivity contribution is 5.82. The number of aromatic amines is 1. The second kappa shape index (κ2) is 12.0. The molecule has 0 saturated carbocycles. The topological polar surface area (TPSA) is 151 Å². The summed E-state index contributed by atoms with van der Waals surface area (Å²) in [7, 11) is 0. The summed E-state index contributed by atoms with van der Waals surface area (Å²) < 4.78 is 25.5. The molecule has 12 heteroatoms. The molecule has 11 nitrogen and oxygen atoms in total. The minimum Gasteiger partial charge on any atom is -0.354 e. The van der Waals surface area contributed by atoms with E-state index < -0.39 is 11.7 Å². The summed E-state index contributed by atoms with van der Waals surface area (Å²) in [5.41, 5.74) is 2.44. The van der Waals surface area contributed by atoms with Gasteiger partial charge in [-0.3, -0.25) is 9.78 Å². The van der Waals surface area contributed by atoms with E-state index in [-0.39, 0.29) is 37.9 Å². The number of H-pyrrole nitrogens is 1. The molecule has 3 N–H and O–H groups in total. The van der Waals surface area contributed by atoms with Gasteiger partial charge in [0, 0.05) is 37.2 Å². The van der Waals surface area contributed by atoms with Gasteiger partial charge in [0.05, 0.1) is 48.2 Å². The Hall–Kier alpha value is -4.73. The van der Waals surface area contributed by atoms with Crippen molar-refractivity contribution in [3.8, 4) is 28.7 Å². The molecule has 0 unspecified atom stereocenters. The first-order valence-corrected chi connectivity index (χ1v) is 12.7. The minimum atomic E-state index is -0.913. The van der Waals surface area contributed by atoms with Gasteiger partial charge in [0.1, 0.15) is 5.82 Å². The maximum Gasteiger partial charge on any atom is 0.230 e. The molecule has 3 aromatic heterocycles. The number of nitrogens with zero attached hydrogens (tertiary/aromatic N) is 5. The van der Waals surface area contributed by atoms with Crippen molar-refractivity contribution >= 4 is 11.9 Å². The first-order chi connectivity index (χ1) is 19.4. The number of carbonyl (C=O) groups excluding carboxylic acids is 1. The highest BCUT2D eigenvalue weighted by atomic mass is 19.1. The summed E-state index contributed by atoms with van der Waals surface area (Å²) >= 11 is 0. The summed E-state index contributed by atoms with van der Waals surface area (Å²) in [4.78, 5) is 33.6. The third kappa shape index (κ3) is 6.12. The average molecular weight is 543 g/mol. The first-order valence-electron chi connectivity index (χ1n) is 12.7. The lowest BCUT2D eigenvalue weighted by atomic mass is 9.91. The Labute approximate surface area is 229 Å². The molecule has 0 aliphatic carbocycles. The fourth-order valence-corrected chi connectivity index (χ4v) is 4.11. The van der Waals surface area contributed by atoms with E-state index in [9.17, 15) is 9.18 Å². The standard InChI is InChI=1S/C28H27FN8O3/c1-28(26(38)32-11-2-10-30)16-39-25(40-17-28)24-36-22(19-3-5-20(29)6-4-19)23(37-24)21-9-14-33-27(35-21)34-15-18-7-12-31-13-8-18/h3-9,12-14,25H,2,11,15-17H2,1H3,(H,32,38)(H,36,37)(H,33,34,35). The zero-order chi connectivity index (χ0) is 28.0. The molecule has 1 aromatic carbocycles. The van der Waals surface area contributed by atoms with Crippen LogP contribution < -0.4 is 10.6 Å². The van der Waals surface area contributed by atoms with E-state index in [0.717, 1.165) is 5.56 Å². The number of aromatic nitrogens is 5. The van der Waals surface area contributed by atoms with Crippen LogP contribution in [0.1, 0.15) is 31.0 Å². The minimum absolute atomic E-state index is 0.0918. The largest absolute Gasteiger partial charge is 0.354 e. The number of hydrogen-bond donors (Lipinski definition) is 3. The fraction of sp³-hybridized carbons (Fsp3) is 0.286. The van der Waals surface area contributed by atoms with Crippen molar-refractivity contribution in [2.75, 3.05) is 25.1 Å². The number of amides is 1. The Kier molecular flexibility index (Phi) is 8.04. The van der Waals surface area contributed by atoms with Gasteiger partial charge in [0.15, 0.2) is 5.82 Å². The lowest BCUT2D eigenvalue weighted by molar-refractivity contribution is -0.231. The lowest BCUT2D eigenvalue weighted by Crippen LogP contribution is -2.48. The van der Waals surface area contributed by atoms with Crippen molar-refractivity contribution in [3.05, 3.63) is 78.3 Å². The number of halogens is 1.